The van der Waals surface area contributed by atoms with Crippen LogP contribution < -0.4 is 5.32 Å². The number of hydrogen-bond donors (Lipinski definition) is 2. The SMILES string of the molecule is CCCNCC(C)(O)Cc1c(Br)c(CC)nn1CC. The molecule has 4 nitrogen and oxygen atoms in total. The van der Waals surface area contributed by atoms with Crippen LogP contribution in [-0.2, 0) is 19.4 Å². The van der Waals surface area contributed by atoms with Gasteiger partial charge in [-0.3, -0.25) is 4.68 Å². The molecule has 0 aliphatic rings. The van der Waals surface area contributed by atoms with Crippen LogP contribution >= 0.6 is 15.9 Å². The highest BCUT2D eigenvalue weighted by Crippen LogP contribution is 2.25. The molecule has 0 bridgehead atoms. The first-order valence-electron chi connectivity index (χ1n) is 7.12. The van der Waals surface area contributed by atoms with Gasteiger partial charge in [-0.2, -0.15) is 5.10 Å². The Morgan fingerprint density at radius 3 is 2.58 bits per heavy atom. The van der Waals surface area contributed by atoms with Crippen molar-refractivity contribution in [1.82, 2.24) is 15.1 Å². The second-order valence-electron chi connectivity index (χ2n) is 5.23. The minimum absolute atomic E-state index is 0.601. The molecule has 1 rings (SSSR count). The quantitative estimate of drug-likeness (QED) is 0.719. The molecule has 0 aliphatic heterocycles. The van der Waals surface area contributed by atoms with E-state index in [0.29, 0.717) is 13.0 Å². The summed E-state index contributed by atoms with van der Waals surface area (Å²) in [5.74, 6) is 0. The zero-order chi connectivity index (χ0) is 14.5. The van der Waals surface area contributed by atoms with Crippen LogP contribution in [0.25, 0.3) is 0 Å². The lowest BCUT2D eigenvalue weighted by Gasteiger charge is -2.24. The Morgan fingerprint density at radius 1 is 1.37 bits per heavy atom. The lowest BCUT2D eigenvalue weighted by molar-refractivity contribution is 0.0581. The fourth-order valence-corrected chi connectivity index (χ4v) is 2.85. The smallest absolute Gasteiger partial charge is 0.0799 e. The molecule has 1 atom stereocenters. The molecular formula is C14H26BrN3O. The monoisotopic (exact) mass is 331 g/mol. The lowest BCUT2D eigenvalue weighted by atomic mass is 9.99. The molecule has 0 spiro atoms. The standard InChI is InChI=1S/C14H26BrN3O/c1-5-8-16-10-14(4,19)9-12-13(15)11(6-2)17-18(12)7-3/h16,19H,5-10H2,1-4H3. The molecule has 0 radical (unpaired) electrons. The molecule has 0 fully saturated rings. The van der Waals surface area contributed by atoms with Crippen molar-refractivity contribution in [3.63, 3.8) is 0 Å². The van der Waals surface area contributed by atoms with Crippen molar-refractivity contribution in [1.29, 1.82) is 0 Å². The summed E-state index contributed by atoms with van der Waals surface area (Å²) in [5.41, 5.74) is 1.40. The fourth-order valence-electron chi connectivity index (χ4n) is 2.14. The number of aryl methyl sites for hydroxylation is 2. The highest BCUT2D eigenvalue weighted by molar-refractivity contribution is 9.10. The van der Waals surface area contributed by atoms with Crippen molar-refractivity contribution >= 4 is 15.9 Å². The number of halogens is 1. The summed E-state index contributed by atoms with van der Waals surface area (Å²) in [6, 6.07) is 0. The fraction of sp³-hybridized carbons (Fsp3) is 0.786. The second-order valence-corrected chi connectivity index (χ2v) is 6.02. The summed E-state index contributed by atoms with van der Waals surface area (Å²) in [5, 5.41) is 18.3. The highest BCUT2D eigenvalue weighted by atomic mass is 79.9. The number of nitrogens with one attached hydrogen (secondary N) is 1. The third-order valence-corrected chi connectivity index (χ3v) is 4.09. The summed E-state index contributed by atoms with van der Waals surface area (Å²) >= 11 is 3.62. The average molecular weight is 332 g/mol. The third-order valence-electron chi connectivity index (χ3n) is 3.18. The predicted octanol–water partition coefficient (Wildman–Crippen LogP) is 2.52. The van der Waals surface area contributed by atoms with Gasteiger partial charge < -0.3 is 10.4 Å². The lowest BCUT2D eigenvalue weighted by Crippen LogP contribution is -2.40. The van der Waals surface area contributed by atoms with Gasteiger partial charge in [-0.05, 0) is 49.2 Å². The Balaban J connectivity index is 2.82. The first-order chi connectivity index (χ1) is 8.95. The van der Waals surface area contributed by atoms with Gasteiger partial charge in [0.05, 0.1) is 21.5 Å². The number of nitrogens with zero attached hydrogens (tertiary/aromatic N) is 2. The molecular weight excluding hydrogens is 306 g/mol. The van der Waals surface area contributed by atoms with Gasteiger partial charge in [0, 0.05) is 19.5 Å². The van der Waals surface area contributed by atoms with Crippen LogP contribution in [0.1, 0.15) is 45.5 Å². The van der Waals surface area contributed by atoms with E-state index in [9.17, 15) is 5.11 Å². The number of aromatic nitrogens is 2. The van der Waals surface area contributed by atoms with Crippen LogP contribution in [0.3, 0.4) is 0 Å². The van der Waals surface area contributed by atoms with E-state index in [4.69, 9.17) is 0 Å². The summed E-state index contributed by atoms with van der Waals surface area (Å²) in [6.45, 7) is 10.5. The Kier molecular flexibility index (Phi) is 6.50. The highest BCUT2D eigenvalue weighted by Gasteiger charge is 2.25. The average Bonchev–Trinajstić information content (AvgIpc) is 2.66. The molecule has 1 aromatic rings. The molecule has 1 aromatic heterocycles. The summed E-state index contributed by atoms with van der Waals surface area (Å²) < 4.78 is 3.03. The Morgan fingerprint density at radius 2 is 2.05 bits per heavy atom. The van der Waals surface area contributed by atoms with Crippen molar-refractivity contribution in [3.8, 4) is 0 Å². The molecule has 5 heteroatoms. The first kappa shape index (κ1) is 16.7. The van der Waals surface area contributed by atoms with Crippen LogP contribution in [0.15, 0.2) is 4.47 Å². The predicted molar refractivity (Wildman–Crippen MR) is 82.5 cm³/mol. The van der Waals surface area contributed by atoms with Crippen molar-refractivity contribution in [2.45, 2.75) is 59.1 Å². The molecule has 0 aromatic carbocycles. The zero-order valence-electron chi connectivity index (χ0n) is 12.5. The van der Waals surface area contributed by atoms with Gasteiger partial charge in [0.2, 0.25) is 0 Å². The molecule has 0 aliphatic carbocycles. The molecule has 0 saturated heterocycles. The van der Waals surface area contributed by atoms with Crippen molar-refractivity contribution in [2.24, 2.45) is 0 Å². The second kappa shape index (κ2) is 7.41. The Bertz CT molecular complexity index is 402. The third kappa shape index (κ3) is 4.58. The normalized spacial score (nSPS) is 14.6. The van der Waals surface area contributed by atoms with Gasteiger partial charge in [-0.1, -0.05) is 13.8 Å². The van der Waals surface area contributed by atoms with Crippen LogP contribution in [-0.4, -0.2) is 33.6 Å². The van der Waals surface area contributed by atoms with Crippen LogP contribution in [0.4, 0.5) is 0 Å². The minimum Gasteiger partial charge on any atom is -0.388 e. The minimum atomic E-state index is -0.754. The van der Waals surface area contributed by atoms with E-state index in [0.717, 1.165) is 41.8 Å². The van der Waals surface area contributed by atoms with E-state index in [1.54, 1.807) is 0 Å². The van der Waals surface area contributed by atoms with E-state index < -0.39 is 5.60 Å². The molecule has 1 unspecified atom stereocenters. The molecule has 1 heterocycles. The Hall–Kier alpha value is -0.390. The number of rotatable bonds is 8. The first-order valence-corrected chi connectivity index (χ1v) is 7.91. The Labute approximate surface area is 124 Å². The van der Waals surface area contributed by atoms with Crippen molar-refractivity contribution in [2.75, 3.05) is 13.1 Å². The van der Waals surface area contributed by atoms with E-state index in [-0.39, 0.29) is 0 Å². The van der Waals surface area contributed by atoms with Gasteiger partial charge in [0.15, 0.2) is 0 Å². The van der Waals surface area contributed by atoms with Gasteiger partial charge in [0.1, 0.15) is 0 Å². The summed E-state index contributed by atoms with van der Waals surface area (Å²) in [7, 11) is 0. The zero-order valence-corrected chi connectivity index (χ0v) is 14.0. The maximum Gasteiger partial charge on any atom is 0.0799 e. The maximum absolute atomic E-state index is 10.5. The van der Waals surface area contributed by atoms with Gasteiger partial charge in [0.25, 0.3) is 0 Å². The number of aliphatic hydroxyl groups is 1. The summed E-state index contributed by atoms with van der Waals surface area (Å²) in [4.78, 5) is 0. The molecule has 0 saturated carbocycles. The summed E-state index contributed by atoms with van der Waals surface area (Å²) in [6.07, 6.45) is 2.58. The molecule has 110 valence electrons. The van der Waals surface area contributed by atoms with Crippen LogP contribution in [0.2, 0.25) is 0 Å². The van der Waals surface area contributed by atoms with E-state index in [1.807, 2.05) is 11.6 Å². The van der Waals surface area contributed by atoms with Crippen molar-refractivity contribution in [3.05, 3.63) is 15.9 Å². The van der Waals surface area contributed by atoms with E-state index in [1.165, 1.54) is 0 Å². The van der Waals surface area contributed by atoms with Crippen molar-refractivity contribution < 1.29 is 5.11 Å². The molecule has 0 amide bonds. The van der Waals surface area contributed by atoms with Gasteiger partial charge in [-0.15, -0.1) is 0 Å². The van der Waals surface area contributed by atoms with E-state index >= 15 is 0 Å². The van der Waals surface area contributed by atoms with Crippen LogP contribution in [0, 0.1) is 0 Å². The van der Waals surface area contributed by atoms with Gasteiger partial charge in [-0.25, -0.2) is 0 Å². The van der Waals surface area contributed by atoms with Crippen LogP contribution in [0.5, 0.6) is 0 Å². The number of hydrogen-bond acceptors (Lipinski definition) is 3. The topological polar surface area (TPSA) is 50.1 Å². The maximum atomic E-state index is 10.5. The molecule has 2 N–H and O–H groups in total. The van der Waals surface area contributed by atoms with E-state index in [2.05, 4.69) is 47.1 Å². The molecule has 19 heavy (non-hydrogen) atoms. The van der Waals surface area contributed by atoms with Gasteiger partial charge >= 0.3 is 0 Å². The largest absolute Gasteiger partial charge is 0.388 e.